The van der Waals surface area contributed by atoms with Gasteiger partial charge in [0, 0.05) is 43.9 Å². The number of morpholine rings is 1. The number of hydrogen-bond donors (Lipinski definition) is 2. The number of ether oxygens (including phenoxy) is 2. The van der Waals surface area contributed by atoms with Crippen molar-refractivity contribution in [3.63, 3.8) is 0 Å². The number of aryl methyl sites for hydroxylation is 1. The normalized spacial score (nSPS) is 21.2. The molecule has 1 atom stereocenters. The van der Waals surface area contributed by atoms with E-state index in [2.05, 4.69) is 15.2 Å². The number of carbonyl (C=O) groups is 1. The Morgan fingerprint density at radius 3 is 2.80 bits per heavy atom. The molecule has 9 heteroatoms. The molecule has 0 radical (unpaired) electrons. The van der Waals surface area contributed by atoms with Gasteiger partial charge in [0.2, 0.25) is 5.88 Å². The maximum Gasteiger partial charge on any atom is 0.321 e. The lowest BCUT2D eigenvalue weighted by atomic mass is 10.00. The summed E-state index contributed by atoms with van der Waals surface area (Å²) in [7, 11) is 0. The van der Waals surface area contributed by atoms with E-state index < -0.39 is 5.67 Å². The molecule has 1 aromatic carbocycles. The molecule has 3 fully saturated rings. The molecule has 8 nitrogen and oxygen atoms in total. The fourth-order valence-electron chi connectivity index (χ4n) is 4.93. The number of rotatable bonds is 7. The number of aliphatic hydroxyl groups excluding tert-OH is 1. The molecule has 1 saturated carbocycles. The largest absolute Gasteiger partial charge is 0.475 e. The average molecular weight is 485 g/mol. The number of aromatic nitrogens is 1. The van der Waals surface area contributed by atoms with Gasteiger partial charge in [-0.1, -0.05) is 6.07 Å². The van der Waals surface area contributed by atoms with Gasteiger partial charge < -0.3 is 29.7 Å². The monoisotopic (exact) mass is 484 g/mol. The molecule has 35 heavy (non-hydrogen) atoms. The first-order valence-electron chi connectivity index (χ1n) is 12.4. The van der Waals surface area contributed by atoms with Gasteiger partial charge in [-0.3, -0.25) is 0 Å². The van der Waals surface area contributed by atoms with Crippen molar-refractivity contribution in [3.8, 4) is 17.0 Å². The summed E-state index contributed by atoms with van der Waals surface area (Å²) in [5, 5.41) is 12.2. The van der Waals surface area contributed by atoms with Gasteiger partial charge in [-0.25, -0.2) is 9.18 Å². The van der Waals surface area contributed by atoms with Crippen LogP contribution in [-0.4, -0.2) is 79.3 Å². The highest BCUT2D eigenvalue weighted by atomic mass is 19.1. The van der Waals surface area contributed by atoms with E-state index in [0.29, 0.717) is 50.7 Å². The van der Waals surface area contributed by atoms with Crippen LogP contribution in [0.2, 0.25) is 0 Å². The van der Waals surface area contributed by atoms with Crippen LogP contribution in [0.5, 0.6) is 5.88 Å². The summed E-state index contributed by atoms with van der Waals surface area (Å²) in [5.74, 6) is 1.18. The molecule has 2 saturated heterocycles. The van der Waals surface area contributed by atoms with Crippen LogP contribution < -0.4 is 15.0 Å². The van der Waals surface area contributed by atoms with Gasteiger partial charge in [0.15, 0.2) is 0 Å². The Kier molecular flexibility index (Phi) is 6.80. The molecule has 2 amide bonds. The lowest BCUT2D eigenvalue weighted by Gasteiger charge is -2.28. The number of anilines is 2. The number of amides is 2. The Hall–Kier alpha value is -2.91. The zero-order chi connectivity index (χ0) is 24.4. The first-order valence-corrected chi connectivity index (χ1v) is 12.4. The summed E-state index contributed by atoms with van der Waals surface area (Å²) in [6.07, 6.45) is 1.97. The Bertz CT molecular complexity index is 1070. The van der Waals surface area contributed by atoms with Gasteiger partial charge in [-0.2, -0.15) is 4.98 Å². The lowest BCUT2D eigenvalue weighted by molar-refractivity contribution is 0.122. The number of halogens is 1. The SMILES string of the molecule is Cc1ccc(NC(=O)N2CC[C@H](C3(F)CC3)C2)cc1-c1cc(OCCO)nc(N2CCOCC2)c1. The van der Waals surface area contributed by atoms with Gasteiger partial charge in [0.25, 0.3) is 0 Å². The number of nitrogens with one attached hydrogen (secondary N) is 1. The minimum Gasteiger partial charge on any atom is -0.475 e. The van der Waals surface area contributed by atoms with Crippen LogP contribution in [0, 0.1) is 12.8 Å². The van der Waals surface area contributed by atoms with E-state index in [1.165, 1.54) is 0 Å². The minimum atomic E-state index is -1.05. The molecule has 0 unspecified atom stereocenters. The summed E-state index contributed by atoms with van der Waals surface area (Å²) in [5.41, 5.74) is 2.54. The molecular formula is C26H33FN4O4. The number of alkyl halides is 1. The third-order valence-electron chi connectivity index (χ3n) is 7.20. The highest BCUT2D eigenvalue weighted by Gasteiger charge is 2.52. The first kappa shape index (κ1) is 23.8. The van der Waals surface area contributed by atoms with Crippen molar-refractivity contribution in [2.45, 2.75) is 31.9 Å². The quantitative estimate of drug-likeness (QED) is 0.624. The van der Waals surface area contributed by atoms with E-state index in [1.807, 2.05) is 37.3 Å². The Morgan fingerprint density at radius 2 is 2.06 bits per heavy atom. The van der Waals surface area contributed by atoms with Crippen LogP contribution in [-0.2, 0) is 4.74 Å². The van der Waals surface area contributed by atoms with Crippen molar-refractivity contribution < 1.29 is 23.8 Å². The highest BCUT2D eigenvalue weighted by Crippen LogP contribution is 2.49. The van der Waals surface area contributed by atoms with E-state index in [4.69, 9.17) is 9.47 Å². The average Bonchev–Trinajstić information content (AvgIpc) is 3.42. The summed E-state index contributed by atoms with van der Waals surface area (Å²) >= 11 is 0. The zero-order valence-corrected chi connectivity index (χ0v) is 20.1. The Labute approximate surface area is 205 Å². The molecule has 0 bridgehead atoms. The lowest BCUT2D eigenvalue weighted by Crippen LogP contribution is -2.36. The van der Waals surface area contributed by atoms with Crippen LogP contribution in [0.25, 0.3) is 11.1 Å². The molecule has 2 aromatic rings. The fourth-order valence-corrected chi connectivity index (χ4v) is 4.93. The number of benzene rings is 1. The maximum absolute atomic E-state index is 14.4. The van der Waals surface area contributed by atoms with Crippen LogP contribution in [0.4, 0.5) is 20.7 Å². The molecule has 3 aliphatic rings. The van der Waals surface area contributed by atoms with Crippen molar-refractivity contribution in [2.75, 3.05) is 62.8 Å². The van der Waals surface area contributed by atoms with Gasteiger partial charge in [0.1, 0.15) is 18.1 Å². The van der Waals surface area contributed by atoms with Gasteiger partial charge >= 0.3 is 6.03 Å². The second-order valence-electron chi connectivity index (χ2n) is 9.65. The van der Waals surface area contributed by atoms with Crippen molar-refractivity contribution in [2.24, 2.45) is 5.92 Å². The predicted octanol–water partition coefficient (Wildman–Crippen LogP) is 3.62. The van der Waals surface area contributed by atoms with Crippen LogP contribution in [0.15, 0.2) is 30.3 Å². The Balaban J connectivity index is 1.37. The summed E-state index contributed by atoms with van der Waals surface area (Å²) < 4.78 is 25.6. The topological polar surface area (TPSA) is 87.2 Å². The third-order valence-corrected chi connectivity index (χ3v) is 7.20. The third kappa shape index (κ3) is 5.36. The van der Waals surface area contributed by atoms with E-state index in [9.17, 15) is 14.3 Å². The highest BCUT2D eigenvalue weighted by molar-refractivity contribution is 5.90. The van der Waals surface area contributed by atoms with Crippen molar-refractivity contribution in [1.82, 2.24) is 9.88 Å². The number of nitrogens with zero attached hydrogens (tertiary/aromatic N) is 3. The molecule has 5 rings (SSSR count). The van der Waals surface area contributed by atoms with Gasteiger partial charge in [0.05, 0.1) is 19.8 Å². The van der Waals surface area contributed by atoms with Crippen molar-refractivity contribution in [3.05, 3.63) is 35.9 Å². The predicted molar refractivity (Wildman–Crippen MR) is 132 cm³/mol. The number of likely N-dealkylation sites (tertiary alicyclic amines) is 1. The number of pyridine rings is 1. The van der Waals surface area contributed by atoms with Gasteiger partial charge in [-0.05, 0) is 61.1 Å². The molecule has 3 heterocycles. The number of hydrogen-bond acceptors (Lipinski definition) is 6. The summed E-state index contributed by atoms with van der Waals surface area (Å²) in [6, 6.07) is 9.49. The number of carbonyl (C=O) groups excluding carboxylic acids is 1. The maximum atomic E-state index is 14.4. The molecular weight excluding hydrogens is 451 g/mol. The van der Waals surface area contributed by atoms with Gasteiger partial charge in [-0.15, -0.1) is 0 Å². The molecule has 0 spiro atoms. The van der Waals surface area contributed by atoms with Crippen molar-refractivity contribution in [1.29, 1.82) is 0 Å². The van der Waals surface area contributed by atoms with E-state index in [-0.39, 0.29) is 25.2 Å². The van der Waals surface area contributed by atoms with Crippen LogP contribution in [0.1, 0.15) is 24.8 Å². The molecule has 1 aliphatic carbocycles. The summed E-state index contributed by atoms with van der Waals surface area (Å²) in [4.78, 5) is 21.4. The van der Waals surface area contributed by atoms with E-state index >= 15 is 0 Å². The standard InChI is InChI=1S/C26H33FN4O4/c1-18-2-3-21(28-25(33)31-7-4-20(17-31)26(27)5-6-26)16-22(18)19-14-23(30-8-11-34-12-9-30)29-24(15-19)35-13-10-32/h2-3,14-16,20,32H,4-13,17H2,1H3,(H,28,33)/t20-/m0/s1. The van der Waals surface area contributed by atoms with E-state index in [1.54, 1.807) is 4.90 Å². The first-order chi connectivity index (χ1) is 16.9. The number of aliphatic hydroxyl groups is 1. The fraction of sp³-hybridized carbons (Fsp3) is 0.538. The molecule has 188 valence electrons. The second kappa shape index (κ2) is 9.99. The molecule has 2 aliphatic heterocycles. The van der Waals surface area contributed by atoms with Crippen LogP contribution >= 0.6 is 0 Å². The van der Waals surface area contributed by atoms with Crippen LogP contribution in [0.3, 0.4) is 0 Å². The molecule has 2 N–H and O–H groups in total. The number of urea groups is 1. The zero-order valence-electron chi connectivity index (χ0n) is 20.1. The summed E-state index contributed by atoms with van der Waals surface area (Å²) in [6.45, 7) is 5.89. The second-order valence-corrected chi connectivity index (χ2v) is 9.65. The Morgan fingerprint density at radius 1 is 1.26 bits per heavy atom. The molecule has 1 aromatic heterocycles. The van der Waals surface area contributed by atoms with E-state index in [0.717, 1.165) is 42.0 Å². The minimum absolute atomic E-state index is 0.0467. The smallest absolute Gasteiger partial charge is 0.321 e. The van der Waals surface area contributed by atoms with Crippen molar-refractivity contribution >= 4 is 17.5 Å².